The highest BCUT2D eigenvalue weighted by Gasteiger charge is 2.07. The van der Waals surface area contributed by atoms with Crippen molar-refractivity contribution in [1.82, 2.24) is 9.55 Å². The molecule has 0 aliphatic rings. The number of nitrogen functional groups attached to an aromatic ring is 1. The summed E-state index contributed by atoms with van der Waals surface area (Å²) in [5.74, 6) is 0.479. The zero-order valence-corrected chi connectivity index (χ0v) is 8.04. The van der Waals surface area contributed by atoms with E-state index < -0.39 is 10.8 Å². The monoisotopic (exact) mass is 187 g/mol. The number of nitrogens with two attached hydrogens (primary N) is 1. The highest BCUT2D eigenvalue weighted by Crippen LogP contribution is 2.03. The van der Waals surface area contributed by atoms with Gasteiger partial charge < -0.3 is 10.3 Å². The Morgan fingerprint density at radius 2 is 2.50 bits per heavy atom. The molecule has 1 heterocycles. The lowest BCUT2D eigenvalue weighted by Gasteiger charge is -2.09. The Morgan fingerprint density at radius 3 is 2.92 bits per heavy atom. The highest BCUT2D eigenvalue weighted by atomic mass is 32.2. The summed E-state index contributed by atoms with van der Waals surface area (Å²) in [5.41, 5.74) is 5.54. The first-order valence-corrected chi connectivity index (χ1v) is 5.32. The molecule has 1 aromatic rings. The van der Waals surface area contributed by atoms with Crippen LogP contribution < -0.4 is 5.73 Å². The Balaban J connectivity index is 2.64. The lowest BCUT2D eigenvalue weighted by molar-refractivity contribution is 0.647. The molecule has 0 saturated heterocycles. The van der Waals surface area contributed by atoms with Gasteiger partial charge in [0.1, 0.15) is 0 Å². The van der Waals surface area contributed by atoms with Gasteiger partial charge in [-0.1, -0.05) is 0 Å². The van der Waals surface area contributed by atoms with Crippen molar-refractivity contribution in [3.63, 3.8) is 0 Å². The fourth-order valence-corrected chi connectivity index (χ4v) is 1.25. The Kier molecular flexibility index (Phi) is 2.86. The number of rotatable bonds is 3. The third-order valence-electron chi connectivity index (χ3n) is 1.77. The van der Waals surface area contributed by atoms with E-state index in [9.17, 15) is 4.21 Å². The van der Waals surface area contributed by atoms with Gasteiger partial charge in [-0.25, -0.2) is 4.98 Å². The third-order valence-corrected chi connectivity index (χ3v) is 3.05. The van der Waals surface area contributed by atoms with Crippen molar-refractivity contribution in [1.29, 1.82) is 0 Å². The summed E-state index contributed by atoms with van der Waals surface area (Å²) in [6.45, 7) is 2.59. The molecule has 0 saturated carbocycles. The van der Waals surface area contributed by atoms with E-state index in [-0.39, 0.29) is 5.25 Å². The number of imidazole rings is 1. The summed E-state index contributed by atoms with van der Waals surface area (Å²) in [6.07, 6.45) is 5.12. The van der Waals surface area contributed by atoms with Gasteiger partial charge >= 0.3 is 0 Å². The van der Waals surface area contributed by atoms with E-state index in [1.54, 1.807) is 23.2 Å². The maximum Gasteiger partial charge on any atom is 0.200 e. The van der Waals surface area contributed by atoms with Crippen molar-refractivity contribution in [2.45, 2.75) is 18.7 Å². The second-order valence-corrected chi connectivity index (χ2v) is 4.55. The molecule has 0 radical (unpaired) electrons. The van der Waals surface area contributed by atoms with Gasteiger partial charge in [0.15, 0.2) is 5.95 Å². The SMILES string of the molecule is CC(Cn1ccnc1N)S(C)=O. The normalized spacial score (nSPS) is 15.8. The van der Waals surface area contributed by atoms with Crippen molar-refractivity contribution in [2.24, 2.45) is 0 Å². The minimum absolute atomic E-state index is 0.112. The van der Waals surface area contributed by atoms with Crippen LogP contribution in [0.4, 0.5) is 5.95 Å². The average Bonchev–Trinajstić information content (AvgIpc) is 2.36. The van der Waals surface area contributed by atoms with Crippen LogP contribution in [0, 0.1) is 0 Å². The fraction of sp³-hybridized carbons (Fsp3) is 0.571. The Labute approximate surface area is 74.2 Å². The zero-order chi connectivity index (χ0) is 9.14. The largest absolute Gasteiger partial charge is 0.369 e. The zero-order valence-electron chi connectivity index (χ0n) is 7.23. The minimum Gasteiger partial charge on any atom is -0.369 e. The number of hydrogen-bond acceptors (Lipinski definition) is 3. The number of hydrogen-bond donors (Lipinski definition) is 1. The lowest BCUT2D eigenvalue weighted by Crippen LogP contribution is -2.18. The van der Waals surface area contributed by atoms with E-state index in [1.807, 2.05) is 6.92 Å². The van der Waals surface area contributed by atoms with Crippen LogP contribution in [0.2, 0.25) is 0 Å². The topological polar surface area (TPSA) is 60.9 Å². The van der Waals surface area contributed by atoms with Gasteiger partial charge in [0, 0.05) is 41.2 Å². The van der Waals surface area contributed by atoms with E-state index in [2.05, 4.69) is 4.98 Å². The number of nitrogens with zero attached hydrogens (tertiary/aromatic N) is 2. The van der Waals surface area contributed by atoms with Gasteiger partial charge in [0.25, 0.3) is 0 Å². The lowest BCUT2D eigenvalue weighted by atomic mass is 10.5. The van der Waals surface area contributed by atoms with E-state index in [0.717, 1.165) is 0 Å². The summed E-state index contributed by atoms with van der Waals surface area (Å²) in [7, 11) is -0.807. The molecule has 68 valence electrons. The summed E-state index contributed by atoms with van der Waals surface area (Å²) in [5, 5.41) is 0.112. The molecule has 0 aliphatic carbocycles. The Bertz CT molecular complexity index is 284. The average molecular weight is 187 g/mol. The molecule has 2 atom stereocenters. The molecule has 4 nitrogen and oxygen atoms in total. The predicted molar refractivity (Wildman–Crippen MR) is 50.2 cm³/mol. The predicted octanol–water partition coefficient (Wildman–Crippen LogP) is 0.232. The smallest absolute Gasteiger partial charge is 0.200 e. The van der Waals surface area contributed by atoms with Crippen LogP contribution in [0.15, 0.2) is 12.4 Å². The molecule has 1 rings (SSSR count). The molecule has 0 fully saturated rings. The number of aromatic nitrogens is 2. The Hall–Kier alpha value is -0.840. The Morgan fingerprint density at radius 1 is 1.83 bits per heavy atom. The van der Waals surface area contributed by atoms with Crippen molar-refractivity contribution >= 4 is 16.7 Å². The first kappa shape index (κ1) is 9.25. The third kappa shape index (κ3) is 2.07. The molecular formula is C7H13N3OS. The van der Waals surface area contributed by atoms with Gasteiger partial charge in [-0.05, 0) is 6.92 Å². The molecule has 0 spiro atoms. The fourth-order valence-electron chi connectivity index (χ4n) is 0.877. The molecule has 0 aliphatic heterocycles. The van der Waals surface area contributed by atoms with Gasteiger partial charge in [0.2, 0.25) is 0 Å². The second-order valence-electron chi connectivity index (χ2n) is 2.75. The van der Waals surface area contributed by atoms with Crippen LogP contribution in [0.1, 0.15) is 6.92 Å². The van der Waals surface area contributed by atoms with E-state index in [0.29, 0.717) is 12.5 Å². The molecular weight excluding hydrogens is 174 g/mol. The van der Waals surface area contributed by atoms with Gasteiger partial charge in [0.05, 0.1) is 0 Å². The maximum absolute atomic E-state index is 11.0. The molecule has 12 heavy (non-hydrogen) atoms. The molecule has 0 bridgehead atoms. The highest BCUT2D eigenvalue weighted by molar-refractivity contribution is 7.84. The van der Waals surface area contributed by atoms with Crippen LogP contribution in [-0.2, 0) is 17.3 Å². The molecule has 2 unspecified atom stereocenters. The molecule has 1 aromatic heterocycles. The van der Waals surface area contributed by atoms with Gasteiger partial charge in [-0.2, -0.15) is 0 Å². The first-order valence-electron chi connectivity index (χ1n) is 3.70. The first-order chi connectivity index (χ1) is 5.61. The standard InChI is InChI=1S/C7H13N3OS/c1-6(12(2)11)5-10-4-3-9-7(10)8/h3-4,6H,5H2,1-2H3,(H2,8,9). The van der Waals surface area contributed by atoms with E-state index >= 15 is 0 Å². The van der Waals surface area contributed by atoms with E-state index in [4.69, 9.17) is 5.73 Å². The van der Waals surface area contributed by atoms with Crippen molar-refractivity contribution < 1.29 is 4.21 Å². The van der Waals surface area contributed by atoms with Crippen LogP contribution in [0.5, 0.6) is 0 Å². The molecule has 2 N–H and O–H groups in total. The van der Waals surface area contributed by atoms with Crippen LogP contribution in [0.25, 0.3) is 0 Å². The quantitative estimate of drug-likeness (QED) is 0.737. The molecule has 0 amide bonds. The van der Waals surface area contributed by atoms with Crippen molar-refractivity contribution in [2.75, 3.05) is 12.0 Å². The minimum atomic E-state index is -0.807. The summed E-state index contributed by atoms with van der Waals surface area (Å²) in [6, 6.07) is 0. The van der Waals surface area contributed by atoms with Gasteiger partial charge in [-0.15, -0.1) is 0 Å². The van der Waals surface area contributed by atoms with E-state index in [1.165, 1.54) is 0 Å². The molecule has 0 aromatic carbocycles. The maximum atomic E-state index is 11.0. The summed E-state index contributed by atoms with van der Waals surface area (Å²) >= 11 is 0. The van der Waals surface area contributed by atoms with Crippen LogP contribution >= 0.6 is 0 Å². The summed E-state index contributed by atoms with van der Waals surface area (Å²) < 4.78 is 12.8. The van der Waals surface area contributed by atoms with Gasteiger partial charge in [-0.3, -0.25) is 4.21 Å². The second kappa shape index (κ2) is 3.71. The van der Waals surface area contributed by atoms with Crippen LogP contribution in [-0.4, -0.2) is 25.3 Å². The molecule has 5 heteroatoms. The number of anilines is 1. The van der Waals surface area contributed by atoms with Crippen LogP contribution in [0.3, 0.4) is 0 Å². The van der Waals surface area contributed by atoms with Crippen molar-refractivity contribution in [3.05, 3.63) is 12.4 Å². The summed E-state index contributed by atoms with van der Waals surface area (Å²) in [4.78, 5) is 3.87. The van der Waals surface area contributed by atoms with Crippen molar-refractivity contribution in [3.8, 4) is 0 Å².